The van der Waals surface area contributed by atoms with Crippen LogP contribution in [0.2, 0.25) is 5.02 Å². The van der Waals surface area contributed by atoms with Crippen LogP contribution < -0.4 is 19.1 Å². The average Bonchev–Trinajstić information content (AvgIpc) is 3.23. The second-order valence-corrected chi connectivity index (χ2v) is 8.02. The number of carbonyl (C=O) groups excluding carboxylic acids is 1. The molecule has 7 nitrogen and oxygen atoms in total. The van der Waals surface area contributed by atoms with Gasteiger partial charge in [-0.2, -0.15) is 0 Å². The molecule has 2 aromatic carbocycles. The third-order valence-corrected chi connectivity index (χ3v) is 5.93. The van der Waals surface area contributed by atoms with Gasteiger partial charge in [0, 0.05) is 30.8 Å². The number of ether oxygens (including phenoxy) is 2. The zero-order valence-corrected chi connectivity index (χ0v) is 15.1. The molecular weight excluding hydrogens is 380 g/mol. The van der Waals surface area contributed by atoms with Gasteiger partial charge in [0.1, 0.15) is 0 Å². The second kappa shape index (κ2) is 6.37. The number of benzene rings is 2. The van der Waals surface area contributed by atoms with Crippen molar-refractivity contribution in [2.75, 3.05) is 23.0 Å². The SMILES string of the molecule is O=C1CCCN1c1ccc(S(=O)(=O)Nc2cc3c(cc2Cl)OCO3)cc1. The Morgan fingerprint density at radius 2 is 1.77 bits per heavy atom. The normalized spacial score (nSPS) is 16.2. The van der Waals surface area contributed by atoms with Crippen molar-refractivity contribution in [2.45, 2.75) is 17.7 Å². The third kappa shape index (κ3) is 3.06. The maximum atomic E-state index is 12.6. The fraction of sp³-hybridized carbons (Fsp3) is 0.235. The molecule has 0 atom stereocenters. The Labute approximate surface area is 155 Å². The van der Waals surface area contributed by atoms with Gasteiger partial charge in [-0.15, -0.1) is 0 Å². The minimum atomic E-state index is -3.84. The lowest BCUT2D eigenvalue weighted by Crippen LogP contribution is -2.23. The van der Waals surface area contributed by atoms with Crippen molar-refractivity contribution in [3.05, 3.63) is 41.4 Å². The van der Waals surface area contributed by atoms with Crippen LogP contribution in [-0.2, 0) is 14.8 Å². The van der Waals surface area contributed by atoms with Crippen LogP contribution in [0.5, 0.6) is 11.5 Å². The van der Waals surface area contributed by atoms with Gasteiger partial charge in [-0.25, -0.2) is 8.42 Å². The van der Waals surface area contributed by atoms with Gasteiger partial charge in [-0.1, -0.05) is 11.6 Å². The number of nitrogens with zero attached hydrogens (tertiary/aromatic N) is 1. The Bertz CT molecular complexity index is 975. The molecule has 0 saturated carbocycles. The lowest BCUT2D eigenvalue weighted by molar-refractivity contribution is -0.117. The van der Waals surface area contributed by atoms with E-state index >= 15 is 0 Å². The van der Waals surface area contributed by atoms with Crippen LogP contribution in [0.4, 0.5) is 11.4 Å². The van der Waals surface area contributed by atoms with Gasteiger partial charge in [-0.3, -0.25) is 9.52 Å². The number of anilines is 2. The molecular formula is C17H15ClN2O5S. The first kappa shape index (κ1) is 17.0. The first-order valence-corrected chi connectivity index (χ1v) is 9.82. The predicted molar refractivity (Wildman–Crippen MR) is 96.4 cm³/mol. The topological polar surface area (TPSA) is 84.9 Å². The van der Waals surface area contributed by atoms with Gasteiger partial charge in [0.05, 0.1) is 15.6 Å². The van der Waals surface area contributed by atoms with Crippen molar-refractivity contribution in [2.24, 2.45) is 0 Å². The maximum absolute atomic E-state index is 12.6. The molecule has 26 heavy (non-hydrogen) atoms. The van der Waals surface area contributed by atoms with Crippen LogP contribution in [0.3, 0.4) is 0 Å². The van der Waals surface area contributed by atoms with E-state index in [2.05, 4.69) is 4.72 Å². The summed E-state index contributed by atoms with van der Waals surface area (Å²) in [5.74, 6) is 0.943. The molecule has 1 saturated heterocycles. The average molecular weight is 395 g/mol. The highest BCUT2D eigenvalue weighted by molar-refractivity contribution is 7.92. The minimum absolute atomic E-state index is 0.0471. The van der Waals surface area contributed by atoms with E-state index in [9.17, 15) is 13.2 Å². The van der Waals surface area contributed by atoms with Crippen LogP contribution in [-0.4, -0.2) is 27.7 Å². The predicted octanol–water partition coefficient (Wildman–Crippen LogP) is 3.00. The van der Waals surface area contributed by atoms with Crippen LogP contribution >= 0.6 is 11.6 Å². The molecule has 4 rings (SSSR count). The Kier molecular flexibility index (Phi) is 4.16. The summed E-state index contributed by atoms with van der Waals surface area (Å²) in [7, 11) is -3.84. The molecule has 0 bridgehead atoms. The van der Waals surface area contributed by atoms with E-state index in [4.69, 9.17) is 21.1 Å². The van der Waals surface area contributed by atoms with Gasteiger partial charge in [0.25, 0.3) is 10.0 Å². The lowest BCUT2D eigenvalue weighted by atomic mass is 10.3. The number of hydrogen-bond donors (Lipinski definition) is 1. The number of fused-ring (bicyclic) bond motifs is 1. The summed E-state index contributed by atoms with van der Waals surface area (Å²) >= 11 is 6.12. The van der Waals surface area contributed by atoms with E-state index < -0.39 is 10.0 Å². The first-order valence-electron chi connectivity index (χ1n) is 7.96. The van der Waals surface area contributed by atoms with E-state index in [1.807, 2.05) is 0 Å². The molecule has 0 aliphatic carbocycles. The zero-order valence-electron chi connectivity index (χ0n) is 13.6. The van der Waals surface area contributed by atoms with Crippen molar-refractivity contribution in [1.29, 1.82) is 0 Å². The number of nitrogens with one attached hydrogen (secondary N) is 1. The lowest BCUT2D eigenvalue weighted by Gasteiger charge is -2.16. The molecule has 136 valence electrons. The Morgan fingerprint density at radius 3 is 2.42 bits per heavy atom. The Hall–Kier alpha value is -2.45. The number of carbonyl (C=O) groups is 1. The molecule has 0 spiro atoms. The van der Waals surface area contributed by atoms with Crippen molar-refractivity contribution in [1.82, 2.24) is 0 Å². The second-order valence-electron chi connectivity index (χ2n) is 5.93. The maximum Gasteiger partial charge on any atom is 0.261 e. The number of amides is 1. The highest BCUT2D eigenvalue weighted by Gasteiger charge is 2.23. The molecule has 2 heterocycles. The number of hydrogen-bond acceptors (Lipinski definition) is 5. The molecule has 0 unspecified atom stereocenters. The first-order chi connectivity index (χ1) is 12.4. The number of rotatable bonds is 4. The van der Waals surface area contributed by atoms with Gasteiger partial charge in [0.15, 0.2) is 11.5 Å². The summed E-state index contributed by atoms with van der Waals surface area (Å²) < 4.78 is 38.2. The molecule has 9 heteroatoms. The van der Waals surface area contributed by atoms with Crippen molar-refractivity contribution < 1.29 is 22.7 Å². The summed E-state index contributed by atoms with van der Waals surface area (Å²) in [5, 5.41) is 0.206. The van der Waals surface area contributed by atoms with Gasteiger partial charge in [0.2, 0.25) is 12.7 Å². The van der Waals surface area contributed by atoms with Crippen molar-refractivity contribution in [3.63, 3.8) is 0 Å². The molecule has 1 fully saturated rings. The van der Waals surface area contributed by atoms with Gasteiger partial charge >= 0.3 is 0 Å². The summed E-state index contributed by atoms with van der Waals surface area (Å²) in [5.41, 5.74) is 0.891. The highest BCUT2D eigenvalue weighted by atomic mass is 35.5. The molecule has 2 aromatic rings. The summed E-state index contributed by atoms with van der Waals surface area (Å²) in [4.78, 5) is 13.5. The minimum Gasteiger partial charge on any atom is -0.454 e. The third-order valence-electron chi connectivity index (χ3n) is 4.24. The monoisotopic (exact) mass is 394 g/mol. The van der Waals surface area contributed by atoms with Gasteiger partial charge < -0.3 is 14.4 Å². The fourth-order valence-electron chi connectivity index (χ4n) is 2.93. The van der Waals surface area contributed by atoms with Crippen LogP contribution in [0.1, 0.15) is 12.8 Å². The van der Waals surface area contributed by atoms with Crippen LogP contribution in [0.15, 0.2) is 41.3 Å². The molecule has 0 radical (unpaired) electrons. The van der Waals surface area contributed by atoms with E-state index in [1.165, 1.54) is 24.3 Å². The quantitative estimate of drug-likeness (QED) is 0.861. The Morgan fingerprint density at radius 1 is 1.08 bits per heavy atom. The summed E-state index contributed by atoms with van der Waals surface area (Å²) in [6.07, 6.45) is 1.33. The van der Waals surface area contributed by atoms with E-state index in [0.717, 1.165) is 6.42 Å². The van der Waals surface area contributed by atoms with Crippen LogP contribution in [0, 0.1) is 0 Å². The smallest absolute Gasteiger partial charge is 0.261 e. The summed E-state index contributed by atoms with van der Waals surface area (Å²) in [6.45, 7) is 0.717. The van der Waals surface area contributed by atoms with Crippen molar-refractivity contribution in [3.8, 4) is 11.5 Å². The standard InChI is InChI=1S/C17H15ClN2O5S/c18-13-8-15-16(25-10-24-15)9-14(13)19-26(22,23)12-5-3-11(4-6-12)20-7-1-2-17(20)21/h3-6,8-9,19H,1-2,7,10H2. The molecule has 1 amide bonds. The van der Waals surface area contributed by atoms with Gasteiger partial charge in [-0.05, 0) is 30.7 Å². The number of sulfonamides is 1. The van der Waals surface area contributed by atoms with E-state index in [0.29, 0.717) is 30.2 Å². The molecule has 2 aliphatic rings. The zero-order chi connectivity index (χ0) is 18.3. The highest BCUT2D eigenvalue weighted by Crippen LogP contribution is 2.40. The van der Waals surface area contributed by atoms with E-state index in [-0.39, 0.29) is 28.3 Å². The van der Waals surface area contributed by atoms with E-state index in [1.54, 1.807) is 17.0 Å². The molecule has 2 aliphatic heterocycles. The number of halogens is 1. The van der Waals surface area contributed by atoms with Crippen LogP contribution in [0.25, 0.3) is 0 Å². The molecule has 1 N–H and O–H groups in total. The molecule has 0 aromatic heterocycles. The van der Waals surface area contributed by atoms with Crippen molar-refractivity contribution >= 4 is 38.9 Å². The fourth-order valence-corrected chi connectivity index (χ4v) is 4.25. The largest absolute Gasteiger partial charge is 0.454 e. The Balaban J connectivity index is 1.58. The summed E-state index contributed by atoms with van der Waals surface area (Å²) in [6, 6.07) is 9.16.